The summed E-state index contributed by atoms with van der Waals surface area (Å²) in [6.45, 7) is -0.498. The third-order valence-corrected chi connectivity index (χ3v) is 6.68. The van der Waals surface area contributed by atoms with E-state index in [1.165, 1.54) is 36.4 Å². The van der Waals surface area contributed by atoms with Crippen molar-refractivity contribution in [2.45, 2.75) is 18.4 Å². The summed E-state index contributed by atoms with van der Waals surface area (Å²) in [5.41, 5.74) is 6.01. The van der Waals surface area contributed by atoms with Gasteiger partial charge in [-0.15, -0.1) is 0 Å². The molecule has 0 bridgehead atoms. The van der Waals surface area contributed by atoms with Gasteiger partial charge in [-0.1, -0.05) is 24.3 Å². The lowest BCUT2D eigenvalue weighted by Gasteiger charge is -2.34. The van der Waals surface area contributed by atoms with Crippen LogP contribution in [0.15, 0.2) is 42.5 Å². The molecule has 210 valence electrons. The highest BCUT2D eigenvalue weighted by Gasteiger charge is 2.40. The van der Waals surface area contributed by atoms with Gasteiger partial charge in [0.05, 0.1) is 18.0 Å². The maximum atomic E-state index is 13.5. The smallest absolute Gasteiger partial charge is 0.534 e. The number of halogens is 1. The van der Waals surface area contributed by atoms with E-state index in [0.29, 0.717) is 5.56 Å². The van der Waals surface area contributed by atoms with Gasteiger partial charge in [0.25, 0.3) is 0 Å². The molecule has 2 aromatic rings. The number of nitrogens with zero attached hydrogens (tertiary/aromatic N) is 2. The summed E-state index contributed by atoms with van der Waals surface area (Å²) >= 11 is 0. The molecule has 2 aliphatic rings. The number of urea groups is 1. The van der Waals surface area contributed by atoms with Crippen LogP contribution < -0.4 is 21.0 Å². The minimum atomic E-state index is -1.60. The van der Waals surface area contributed by atoms with E-state index in [4.69, 9.17) is 10.4 Å². The normalized spacial score (nSPS) is 17.9. The van der Waals surface area contributed by atoms with Crippen molar-refractivity contribution < 1.29 is 43.1 Å². The summed E-state index contributed by atoms with van der Waals surface area (Å²) in [6, 6.07) is 7.76. The SMILES string of the molecule is NC(=O)c1ccc(C(NC(=O)N2CCN(CCF)CC2=O)C(=O)N[C@H]2Cc3cccc(C(=O)O)c3OB2O)cc1. The highest BCUT2D eigenvalue weighted by Crippen LogP contribution is 2.30. The van der Waals surface area contributed by atoms with Gasteiger partial charge in [0.15, 0.2) is 0 Å². The van der Waals surface area contributed by atoms with Gasteiger partial charge in [-0.05, 0) is 35.7 Å². The van der Waals surface area contributed by atoms with E-state index < -0.39 is 55.5 Å². The van der Waals surface area contributed by atoms with Crippen molar-refractivity contribution in [3.63, 3.8) is 0 Å². The number of carboxylic acid groups (broad SMARTS) is 1. The largest absolute Gasteiger partial charge is 0.547 e. The first-order chi connectivity index (χ1) is 19.1. The Morgan fingerprint density at radius 1 is 1.15 bits per heavy atom. The number of nitrogens with two attached hydrogens (primary N) is 1. The second-order valence-electron chi connectivity index (χ2n) is 9.31. The van der Waals surface area contributed by atoms with Crippen molar-refractivity contribution in [3.05, 3.63) is 64.7 Å². The first-order valence-electron chi connectivity index (χ1n) is 12.4. The van der Waals surface area contributed by atoms with Crippen LogP contribution in [0.1, 0.15) is 37.9 Å². The number of benzene rings is 2. The number of fused-ring (bicyclic) bond motifs is 1. The van der Waals surface area contributed by atoms with Crippen LogP contribution in [-0.4, -0.2) is 95.6 Å². The molecule has 0 radical (unpaired) electrons. The van der Waals surface area contributed by atoms with E-state index in [1.807, 2.05) is 0 Å². The van der Waals surface area contributed by atoms with Crippen LogP contribution >= 0.6 is 0 Å². The monoisotopic (exact) mass is 555 g/mol. The van der Waals surface area contributed by atoms with Crippen LogP contribution in [0.3, 0.4) is 0 Å². The van der Waals surface area contributed by atoms with Crippen molar-refractivity contribution in [2.24, 2.45) is 5.73 Å². The number of nitrogens with one attached hydrogen (secondary N) is 2. The Morgan fingerprint density at radius 2 is 1.88 bits per heavy atom. The number of carbonyl (C=O) groups excluding carboxylic acids is 4. The Labute approximate surface area is 228 Å². The van der Waals surface area contributed by atoms with Gasteiger partial charge in [-0.2, -0.15) is 0 Å². The van der Waals surface area contributed by atoms with Crippen molar-refractivity contribution >= 4 is 36.8 Å². The number of carbonyl (C=O) groups is 5. The fourth-order valence-corrected chi connectivity index (χ4v) is 4.57. The van der Waals surface area contributed by atoms with E-state index in [-0.39, 0.29) is 55.0 Å². The fourth-order valence-electron chi connectivity index (χ4n) is 4.57. The van der Waals surface area contributed by atoms with Gasteiger partial charge in [-0.25, -0.2) is 14.0 Å². The van der Waals surface area contributed by atoms with Gasteiger partial charge < -0.3 is 31.2 Å². The van der Waals surface area contributed by atoms with E-state index in [0.717, 1.165) is 4.90 Å². The van der Waals surface area contributed by atoms with Crippen molar-refractivity contribution in [3.8, 4) is 5.75 Å². The van der Waals surface area contributed by atoms with Crippen LogP contribution in [0.5, 0.6) is 5.75 Å². The maximum Gasteiger partial charge on any atom is 0.547 e. The quantitative estimate of drug-likeness (QED) is 0.267. The van der Waals surface area contributed by atoms with Crippen LogP contribution in [0.4, 0.5) is 9.18 Å². The number of hydrogen-bond acceptors (Lipinski definition) is 8. The Balaban J connectivity index is 1.54. The highest BCUT2D eigenvalue weighted by molar-refractivity contribution is 6.47. The van der Waals surface area contributed by atoms with Crippen LogP contribution in [0.25, 0.3) is 0 Å². The van der Waals surface area contributed by atoms with Crippen LogP contribution in [-0.2, 0) is 16.0 Å². The molecule has 1 fully saturated rings. The number of carboxylic acids is 1. The highest BCUT2D eigenvalue weighted by atomic mass is 19.1. The third kappa shape index (κ3) is 6.21. The number of amides is 5. The molecule has 2 atom stereocenters. The molecule has 6 N–H and O–H groups in total. The molecule has 2 aromatic carbocycles. The topological polar surface area (TPSA) is 192 Å². The molecule has 2 heterocycles. The molecule has 40 heavy (non-hydrogen) atoms. The Hall–Kier alpha value is -4.50. The molecule has 4 rings (SSSR count). The van der Waals surface area contributed by atoms with E-state index >= 15 is 0 Å². The van der Waals surface area contributed by atoms with Gasteiger partial charge in [0, 0.05) is 25.2 Å². The Morgan fingerprint density at radius 3 is 2.50 bits per heavy atom. The predicted octanol–water partition coefficient (Wildman–Crippen LogP) is -0.512. The fraction of sp³-hybridized carbons (Fsp3) is 0.320. The lowest BCUT2D eigenvalue weighted by Crippen LogP contribution is -2.58. The van der Waals surface area contributed by atoms with Gasteiger partial charge >= 0.3 is 19.1 Å². The summed E-state index contributed by atoms with van der Waals surface area (Å²) in [7, 11) is -1.60. The lowest BCUT2D eigenvalue weighted by molar-refractivity contribution is -0.133. The molecule has 5 amide bonds. The number of alkyl halides is 1. The molecule has 0 aliphatic carbocycles. The van der Waals surface area contributed by atoms with Crippen LogP contribution in [0, 0.1) is 0 Å². The molecule has 13 nitrogen and oxygen atoms in total. The van der Waals surface area contributed by atoms with Crippen molar-refractivity contribution in [1.29, 1.82) is 0 Å². The first kappa shape index (κ1) is 28.5. The summed E-state index contributed by atoms with van der Waals surface area (Å²) in [5.74, 6) is -4.30. The van der Waals surface area contributed by atoms with Gasteiger partial charge in [0.2, 0.25) is 17.7 Å². The van der Waals surface area contributed by atoms with Crippen molar-refractivity contribution in [1.82, 2.24) is 20.4 Å². The number of aromatic carboxylic acids is 1. The zero-order chi connectivity index (χ0) is 29.0. The molecule has 0 spiro atoms. The number of hydrogen-bond donors (Lipinski definition) is 5. The molecule has 0 saturated carbocycles. The zero-order valence-corrected chi connectivity index (χ0v) is 21.2. The molecule has 0 aromatic heterocycles. The summed E-state index contributed by atoms with van der Waals surface area (Å²) in [6.07, 6.45) is 0.0274. The molecule has 2 aliphatic heterocycles. The summed E-state index contributed by atoms with van der Waals surface area (Å²) in [5, 5.41) is 25.1. The second-order valence-corrected chi connectivity index (χ2v) is 9.31. The maximum absolute atomic E-state index is 13.5. The number of para-hydroxylation sites is 1. The number of piperazine rings is 1. The average molecular weight is 555 g/mol. The second kappa shape index (κ2) is 12.1. The lowest BCUT2D eigenvalue weighted by atomic mass is 9.72. The number of rotatable bonds is 8. The van der Waals surface area contributed by atoms with Crippen LogP contribution in [0.2, 0.25) is 0 Å². The number of primary amides is 1. The molecular formula is C25H27BFN5O8. The number of imide groups is 1. The standard InChI is InChI=1S/C25H27BFN5O8/c27-8-9-31-10-11-32(19(33)13-31)25(38)30-20(14-4-6-15(7-5-14)22(28)34)23(35)29-18-12-16-2-1-3-17(24(36)37)21(16)40-26(18)39/h1-7,18,20,39H,8-13H2,(H2,28,34)(H,29,35)(H,30,38)(H,36,37)/t18-,20?/m0/s1. The Bertz CT molecular complexity index is 1330. The van der Waals surface area contributed by atoms with Gasteiger partial charge in [-0.3, -0.25) is 24.2 Å². The van der Waals surface area contributed by atoms with Gasteiger partial charge in [0.1, 0.15) is 18.5 Å². The van der Waals surface area contributed by atoms with E-state index in [1.54, 1.807) is 11.0 Å². The molecule has 1 saturated heterocycles. The third-order valence-electron chi connectivity index (χ3n) is 6.68. The summed E-state index contributed by atoms with van der Waals surface area (Å²) in [4.78, 5) is 64.6. The average Bonchev–Trinajstić information content (AvgIpc) is 2.92. The van der Waals surface area contributed by atoms with Crippen molar-refractivity contribution in [2.75, 3.05) is 32.9 Å². The zero-order valence-electron chi connectivity index (χ0n) is 21.2. The predicted molar refractivity (Wildman–Crippen MR) is 138 cm³/mol. The molecule has 1 unspecified atom stereocenters. The molecular weight excluding hydrogens is 528 g/mol. The Kier molecular flexibility index (Phi) is 8.65. The minimum absolute atomic E-state index is 0.00897. The molecule has 15 heteroatoms. The first-order valence-corrected chi connectivity index (χ1v) is 12.4. The minimum Gasteiger partial charge on any atom is -0.534 e. The van der Waals surface area contributed by atoms with E-state index in [9.17, 15) is 38.5 Å². The summed E-state index contributed by atoms with van der Waals surface area (Å²) < 4.78 is 18.1. The van der Waals surface area contributed by atoms with E-state index in [2.05, 4.69) is 10.6 Å².